The Morgan fingerprint density at radius 3 is 2.54 bits per heavy atom. The standard InChI is InChI=1S/C37H39FN8O4/c1-49-31-9-4-3-8-26(31)28-21-27(24-7-6-16-45(23-24)33(47)13-19-46-20-15-40-43-46)34(38)35-29(28)22-30(42-35)37(48)44-17-11-25(12-18-44)41-36-32(50-2)10-5-14-39-36/h3-5,7-10,14-15,20-22,25,42H,6,11-13,16-19,23H2,1-2H3,(H,39,41). The van der Waals surface area contributed by atoms with E-state index >= 15 is 4.39 Å². The van der Waals surface area contributed by atoms with Crippen LogP contribution in [0, 0.1) is 5.82 Å². The summed E-state index contributed by atoms with van der Waals surface area (Å²) < 4.78 is 29.4. The number of hydrogen-bond donors (Lipinski definition) is 2. The molecule has 0 unspecified atom stereocenters. The van der Waals surface area contributed by atoms with E-state index in [9.17, 15) is 9.59 Å². The number of aromatic nitrogens is 5. The molecule has 0 atom stereocenters. The Morgan fingerprint density at radius 2 is 1.76 bits per heavy atom. The Balaban J connectivity index is 1.16. The number of carbonyl (C=O) groups is 2. The minimum Gasteiger partial charge on any atom is -0.496 e. The third-order valence-corrected chi connectivity index (χ3v) is 9.47. The molecule has 2 amide bonds. The van der Waals surface area contributed by atoms with Gasteiger partial charge in [-0.25, -0.2) is 9.37 Å². The number of rotatable bonds is 10. The molecule has 13 heteroatoms. The second-order valence-corrected chi connectivity index (χ2v) is 12.5. The van der Waals surface area contributed by atoms with Crippen molar-refractivity contribution in [3.8, 4) is 22.6 Å². The number of anilines is 1. The molecular weight excluding hydrogens is 639 g/mol. The van der Waals surface area contributed by atoms with Gasteiger partial charge in [-0.2, -0.15) is 0 Å². The molecule has 258 valence electrons. The SMILES string of the molecule is COc1ccccc1-c1cc(C2=CCCN(C(=O)CCn3ccnn3)C2)c(F)c2[nH]c(C(=O)N3CCC(Nc4ncccc4OC)CC3)cc12. The maximum absolute atomic E-state index is 16.7. The molecule has 2 aliphatic rings. The zero-order chi connectivity index (χ0) is 34.6. The number of hydrogen-bond acceptors (Lipinski definition) is 8. The highest BCUT2D eigenvalue weighted by Gasteiger charge is 2.28. The molecule has 1 saturated heterocycles. The monoisotopic (exact) mass is 678 g/mol. The number of para-hydroxylation sites is 1. The number of methoxy groups -OCH3 is 2. The predicted molar refractivity (Wildman–Crippen MR) is 187 cm³/mol. The Labute approximate surface area is 288 Å². The molecule has 0 spiro atoms. The van der Waals surface area contributed by atoms with Crippen molar-refractivity contribution in [2.75, 3.05) is 45.7 Å². The summed E-state index contributed by atoms with van der Waals surface area (Å²) in [6, 6.07) is 14.9. The van der Waals surface area contributed by atoms with Crippen LogP contribution in [0.25, 0.3) is 27.6 Å². The molecule has 12 nitrogen and oxygen atoms in total. The van der Waals surface area contributed by atoms with Gasteiger partial charge in [-0.1, -0.05) is 29.5 Å². The van der Waals surface area contributed by atoms with Gasteiger partial charge >= 0.3 is 0 Å². The number of carbonyl (C=O) groups excluding carboxylic acids is 2. The second-order valence-electron chi connectivity index (χ2n) is 12.5. The molecule has 0 aliphatic carbocycles. The van der Waals surface area contributed by atoms with Gasteiger partial charge in [0.05, 0.1) is 32.5 Å². The fraction of sp³-hybridized carbons (Fsp3) is 0.324. The van der Waals surface area contributed by atoms with E-state index in [-0.39, 0.29) is 36.3 Å². The van der Waals surface area contributed by atoms with Crippen molar-refractivity contribution in [1.29, 1.82) is 0 Å². The third kappa shape index (κ3) is 6.63. The average Bonchev–Trinajstić information content (AvgIpc) is 3.86. The van der Waals surface area contributed by atoms with Gasteiger partial charge in [0, 0.05) is 67.5 Å². The minimum atomic E-state index is -0.465. The van der Waals surface area contributed by atoms with Crippen molar-refractivity contribution in [1.82, 2.24) is 34.8 Å². The van der Waals surface area contributed by atoms with Crippen LogP contribution in [0.3, 0.4) is 0 Å². The van der Waals surface area contributed by atoms with E-state index in [0.29, 0.717) is 72.1 Å². The Morgan fingerprint density at radius 1 is 0.960 bits per heavy atom. The van der Waals surface area contributed by atoms with Gasteiger partial charge in [-0.15, -0.1) is 5.10 Å². The topological polar surface area (TPSA) is 130 Å². The molecule has 0 bridgehead atoms. The van der Waals surface area contributed by atoms with Crippen LogP contribution in [0.2, 0.25) is 0 Å². The normalized spacial score (nSPS) is 15.2. The molecule has 5 heterocycles. The first-order chi connectivity index (χ1) is 24.4. The van der Waals surface area contributed by atoms with Crippen molar-refractivity contribution < 1.29 is 23.5 Å². The highest BCUT2D eigenvalue weighted by Crippen LogP contribution is 2.40. The van der Waals surface area contributed by atoms with Crippen LogP contribution >= 0.6 is 0 Å². The first-order valence-corrected chi connectivity index (χ1v) is 16.8. The van der Waals surface area contributed by atoms with Crippen LogP contribution in [0.1, 0.15) is 41.7 Å². The Hall–Kier alpha value is -5.72. The van der Waals surface area contributed by atoms with Crippen molar-refractivity contribution >= 4 is 34.1 Å². The lowest BCUT2D eigenvalue weighted by Crippen LogP contribution is -2.42. The number of likely N-dealkylation sites (tertiary alicyclic amines) is 1. The molecule has 7 rings (SSSR count). The lowest BCUT2D eigenvalue weighted by Gasteiger charge is -2.32. The summed E-state index contributed by atoms with van der Waals surface area (Å²) in [5, 5.41) is 11.8. The zero-order valence-electron chi connectivity index (χ0n) is 28.1. The molecule has 0 saturated carbocycles. The van der Waals surface area contributed by atoms with Crippen molar-refractivity contribution in [2.45, 2.75) is 38.3 Å². The van der Waals surface area contributed by atoms with Crippen LogP contribution in [-0.2, 0) is 11.3 Å². The number of fused-ring (bicyclic) bond motifs is 1. The van der Waals surface area contributed by atoms with E-state index in [1.54, 1.807) is 53.4 Å². The summed E-state index contributed by atoms with van der Waals surface area (Å²) in [6.07, 6.45) is 9.30. The number of halogens is 1. The fourth-order valence-corrected chi connectivity index (χ4v) is 6.83. The number of nitrogens with zero attached hydrogens (tertiary/aromatic N) is 6. The Bertz CT molecular complexity index is 2030. The van der Waals surface area contributed by atoms with Crippen LogP contribution in [0.4, 0.5) is 10.2 Å². The zero-order valence-corrected chi connectivity index (χ0v) is 28.1. The van der Waals surface area contributed by atoms with Crippen molar-refractivity contribution in [3.63, 3.8) is 0 Å². The van der Waals surface area contributed by atoms with Crippen molar-refractivity contribution in [2.24, 2.45) is 0 Å². The van der Waals surface area contributed by atoms with E-state index in [1.165, 1.54) is 0 Å². The molecule has 0 radical (unpaired) electrons. The van der Waals surface area contributed by atoms with Gasteiger partial charge in [0.1, 0.15) is 11.4 Å². The largest absolute Gasteiger partial charge is 0.496 e. The highest BCUT2D eigenvalue weighted by atomic mass is 19.1. The molecule has 5 aromatic rings. The van der Waals surface area contributed by atoms with E-state index in [2.05, 4.69) is 25.6 Å². The maximum Gasteiger partial charge on any atom is 0.270 e. The Kier molecular flexibility index (Phi) is 9.45. The van der Waals surface area contributed by atoms with Crippen LogP contribution in [0.5, 0.6) is 11.5 Å². The molecule has 3 aromatic heterocycles. The van der Waals surface area contributed by atoms with E-state index in [1.807, 2.05) is 48.5 Å². The minimum absolute atomic E-state index is 0.0385. The number of amides is 2. The number of aromatic amines is 1. The van der Waals surface area contributed by atoms with E-state index in [0.717, 1.165) is 24.0 Å². The summed E-state index contributed by atoms with van der Waals surface area (Å²) in [6.45, 7) is 2.29. The summed E-state index contributed by atoms with van der Waals surface area (Å²) in [4.78, 5) is 38.2. The number of piperidine rings is 1. The molecular formula is C37H39FN8O4. The summed E-state index contributed by atoms with van der Waals surface area (Å²) in [5.74, 6) is 1.28. The number of aryl methyl sites for hydroxylation is 1. The van der Waals surface area contributed by atoms with Gasteiger partial charge in [0.15, 0.2) is 17.4 Å². The van der Waals surface area contributed by atoms with Gasteiger partial charge in [0.25, 0.3) is 5.91 Å². The molecule has 2 aromatic carbocycles. The van der Waals surface area contributed by atoms with E-state index in [4.69, 9.17) is 9.47 Å². The maximum atomic E-state index is 16.7. The average molecular weight is 679 g/mol. The lowest BCUT2D eigenvalue weighted by molar-refractivity contribution is -0.131. The van der Waals surface area contributed by atoms with Crippen LogP contribution in [0.15, 0.2) is 73.2 Å². The molecule has 2 N–H and O–H groups in total. The van der Waals surface area contributed by atoms with E-state index < -0.39 is 5.82 Å². The lowest BCUT2D eigenvalue weighted by atomic mass is 9.93. The van der Waals surface area contributed by atoms with Crippen molar-refractivity contribution in [3.05, 3.63) is 90.3 Å². The van der Waals surface area contributed by atoms with Gasteiger partial charge in [0.2, 0.25) is 5.91 Å². The summed E-state index contributed by atoms with van der Waals surface area (Å²) in [5.41, 5.74) is 3.14. The summed E-state index contributed by atoms with van der Waals surface area (Å²) >= 11 is 0. The first kappa shape index (κ1) is 32.8. The second kappa shape index (κ2) is 14.4. The summed E-state index contributed by atoms with van der Waals surface area (Å²) in [7, 11) is 3.21. The molecule has 50 heavy (non-hydrogen) atoms. The number of pyridine rings is 1. The fourth-order valence-electron chi connectivity index (χ4n) is 6.83. The van der Waals surface area contributed by atoms with Crippen LogP contribution < -0.4 is 14.8 Å². The molecule has 2 aliphatic heterocycles. The first-order valence-electron chi connectivity index (χ1n) is 16.8. The number of nitrogens with one attached hydrogen (secondary N) is 2. The quantitative estimate of drug-likeness (QED) is 0.201. The van der Waals surface area contributed by atoms with Gasteiger partial charge in [-0.3, -0.25) is 14.3 Å². The van der Waals surface area contributed by atoms with Crippen LogP contribution in [-0.4, -0.2) is 93.0 Å². The predicted octanol–water partition coefficient (Wildman–Crippen LogP) is 5.40. The third-order valence-electron chi connectivity index (χ3n) is 9.47. The highest BCUT2D eigenvalue weighted by molar-refractivity contribution is 6.05. The smallest absolute Gasteiger partial charge is 0.270 e. The molecule has 1 fully saturated rings. The number of ether oxygens (including phenoxy) is 2. The number of H-pyrrole nitrogens is 1. The van der Waals surface area contributed by atoms with Gasteiger partial charge in [-0.05, 0) is 60.7 Å². The number of benzene rings is 2. The van der Waals surface area contributed by atoms with Gasteiger partial charge < -0.3 is 29.6 Å².